The molecule has 0 radical (unpaired) electrons. The number of carbonyl (C=O) groups is 1. The van der Waals surface area contributed by atoms with Gasteiger partial charge in [-0.25, -0.2) is 13.9 Å². The summed E-state index contributed by atoms with van der Waals surface area (Å²) in [5.74, 6) is -1.50. The molecule has 106 valence electrons. The fourth-order valence-electron chi connectivity index (χ4n) is 1.80. The van der Waals surface area contributed by atoms with Crippen LogP contribution in [0.1, 0.15) is 21.6 Å². The van der Waals surface area contributed by atoms with Gasteiger partial charge in [-0.3, -0.25) is 0 Å². The highest BCUT2D eigenvalue weighted by Crippen LogP contribution is 2.22. The van der Waals surface area contributed by atoms with E-state index in [4.69, 9.17) is 21.4 Å². The number of halogens is 2. The molecule has 0 atom stereocenters. The van der Waals surface area contributed by atoms with Gasteiger partial charge in [-0.1, -0.05) is 23.7 Å². The van der Waals surface area contributed by atoms with Gasteiger partial charge in [-0.05, 0) is 17.7 Å². The molecule has 1 N–H and O–H groups in total. The minimum absolute atomic E-state index is 0.0221. The molecule has 0 aliphatic heterocycles. The molecule has 1 aromatic carbocycles. The first kappa shape index (κ1) is 14.5. The third-order valence-electron chi connectivity index (χ3n) is 2.70. The van der Waals surface area contributed by atoms with Crippen molar-refractivity contribution in [2.45, 2.75) is 13.2 Å². The number of benzene rings is 1. The number of carboxylic acid groups (broad SMARTS) is 1. The summed E-state index contributed by atoms with van der Waals surface area (Å²) in [5.41, 5.74) is 0.944. The van der Waals surface area contributed by atoms with Gasteiger partial charge in [0.1, 0.15) is 22.2 Å². The number of nitrogens with zero attached hydrogens (tertiary/aromatic N) is 2. The summed E-state index contributed by atoms with van der Waals surface area (Å²) in [4.78, 5) is 11.2. The van der Waals surface area contributed by atoms with E-state index in [1.165, 1.54) is 23.9 Å². The van der Waals surface area contributed by atoms with Gasteiger partial charge in [0.15, 0.2) is 0 Å². The molecule has 1 aromatic heterocycles. The third-order valence-corrected chi connectivity index (χ3v) is 3.09. The van der Waals surface area contributed by atoms with E-state index in [9.17, 15) is 9.18 Å². The molecule has 2 aromatic rings. The molecule has 2 rings (SSSR count). The van der Waals surface area contributed by atoms with Crippen LogP contribution < -0.4 is 0 Å². The van der Waals surface area contributed by atoms with Gasteiger partial charge in [0.05, 0.1) is 13.2 Å². The largest absolute Gasteiger partial charge is 0.478 e. The number of hydrogen-bond donors (Lipinski definition) is 1. The molecule has 0 saturated heterocycles. The van der Waals surface area contributed by atoms with Gasteiger partial charge in [0.25, 0.3) is 0 Å². The van der Waals surface area contributed by atoms with Crippen molar-refractivity contribution in [3.8, 4) is 0 Å². The molecule has 5 nitrogen and oxygen atoms in total. The molecule has 0 unspecified atom stereocenters. The second-order valence-corrected chi connectivity index (χ2v) is 4.49. The summed E-state index contributed by atoms with van der Waals surface area (Å²) in [5, 5.41) is 13.3. The first-order valence-electron chi connectivity index (χ1n) is 5.74. The number of rotatable bonds is 5. The van der Waals surface area contributed by atoms with E-state index in [1.807, 2.05) is 0 Å². The Morgan fingerprint density at radius 3 is 2.65 bits per heavy atom. The lowest BCUT2D eigenvalue weighted by atomic mass is 10.2. The zero-order valence-electron chi connectivity index (χ0n) is 10.6. The molecular weight excluding hydrogens is 287 g/mol. The van der Waals surface area contributed by atoms with Gasteiger partial charge in [-0.15, -0.1) is 0 Å². The van der Waals surface area contributed by atoms with Crippen molar-refractivity contribution in [3.63, 3.8) is 0 Å². The molecule has 0 amide bonds. The molecule has 0 saturated carbocycles. The van der Waals surface area contributed by atoms with Crippen LogP contribution in [0.4, 0.5) is 4.39 Å². The lowest BCUT2D eigenvalue weighted by Crippen LogP contribution is -2.03. The Kier molecular flexibility index (Phi) is 4.36. The van der Waals surface area contributed by atoms with E-state index < -0.39 is 5.97 Å². The number of carboxylic acids is 1. The van der Waals surface area contributed by atoms with Crippen molar-refractivity contribution in [3.05, 3.63) is 52.1 Å². The summed E-state index contributed by atoms with van der Waals surface area (Å²) >= 11 is 6.03. The topological polar surface area (TPSA) is 64.4 Å². The molecule has 0 bridgehead atoms. The Balaban J connectivity index is 2.34. The Bertz CT molecular complexity index is 625. The monoisotopic (exact) mass is 298 g/mol. The quantitative estimate of drug-likeness (QED) is 0.921. The molecule has 20 heavy (non-hydrogen) atoms. The third kappa shape index (κ3) is 2.97. The van der Waals surface area contributed by atoms with E-state index in [0.29, 0.717) is 0 Å². The average molecular weight is 299 g/mol. The van der Waals surface area contributed by atoms with Gasteiger partial charge in [0, 0.05) is 7.11 Å². The maximum Gasteiger partial charge on any atom is 0.340 e. The highest BCUT2D eigenvalue weighted by atomic mass is 35.5. The molecule has 7 heteroatoms. The van der Waals surface area contributed by atoms with Crippen LogP contribution >= 0.6 is 11.6 Å². The molecule has 0 fully saturated rings. The Morgan fingerprint density at radius 2 is 2.10 bits per heavy atom. The second-order valence-electron chi connectivity index (χ2n) is 4.13. The lowest BCUT2D eigenvalue weighted by Gasteiger charge is -2.03. The van der Waals surface area contributed by atoms with Crippen LogP contribution in [0, 0.1) is 5.82 Å². The Hall–Kier alpha value is -1.92. The fourth-order valence-corrected chi connectivity index (χ4v) is 2.09. The summed E-state index contributed by atoms with van der Waals surface area (Å²) in [7, 11) is 1.44. The van der Waals surface area contributed by atoms with Crippen LogP contribution in [0.15, 0.2) is 24.3 Å². The number of methoxy groups -OCH3 is 1. The van der Waals surface area contributed by atoms with E-state index in [1.54, 1.807) is 12.1 Å². The van der Waals surface area contributed by atoms with Crippen LogP contribution in [0.2, 0.25) is 5.15 Å². The first-order valence-corrected chi connectivity index (χ1v) is 6.12. The van der Waals surface area contributed by atoms with Crippen molar-refractivity contribution in [1.82, 2.24) is 9.78 Å². The van der Waals surface area contributed by atoms with Gasteiger partial charge in [-0.2, -0.15) is 5.10 Å². The van der Waals surface area contributed by atoms with Crippen LogP contribution in [0.25, 0.3) is 0 Å². The van der Waals surface area contributed by atoms with Crippen molar-refractivity contribution in [1.29, 1.82) is 0 Å². The number of ether oxygens (including phenoxy) is 1. The number of aromatic carboxylic acids is 1. The van der Waals surface area contributed by atoms with Crippen molar-refractivity contribution >= 4 is 17.6 Å². The SMILES string of the molecule is COCc1nn(Cc2ccc(F)cc2)c(Cl)c1C(=O)O. The summed E-state index contributed by atoms with van der Waals surface area (Å²) in [6.07, 6.45) is 0. The fraction of sp³-hybridized carbons (Fsp3) is 0.231. The summed E-state index contributed by atoms with van der Waals surface area (Å²) in [6.45, 7) is 0.306. The minimum Gasteiger partial charge on any atom is -0.478 e. The predicted octanol–water partition coefficient (Wildman–Crippen LogP) is 2.57. The lowest BCUT2D eigenvalue weighted by molar-refractivity contribution is 0.0692. The second kappa shape index (κ2) is 6.02. The molecule has 0 aliphatic rings. The van der Waals surface area contributed by atoms with Crippen molar-refractivity contribution in [2.75, 3.05) is 7.11 Å². The highest BCUT2D eigenvalue weighted by Gasteiger charge is 2.22. The normalized spacial score (nSPS) is 10.8. The zero-order chi connectivity index (χ0) is 14.7. The van der Waals surface area contributed by atoms with Crippen molar-refractivity contribution in [2.24, 2.45) is 0 Å². The average Bonchev–Trinajstić information content (AvgIpc) is 2.69. The van der Waals surface area contributed by atoms with Crippen LogP contribution in [-0.4, -0.2) is 28.0 Å². The maximum atomic E-state index is 12.8. The van der Waals surface area contributed by atoms with Crippen LogP contribution in [0.5, 0.6) is 0 Å². The van der Waals surface area contributed by atoms with E-state index in [-0.39, 0.29) is 35.4 Å². The van der Waals surface area contributed by atoms with Crippen LogP contribution in [-0.2, 0) is 17.9 Å². The Morgan fingerprint density at radius 1 is 1.45 bits per heavy atom. The Labute approximate surface area is 119 Å². The number of hydrogen-bond acceptors (Lipinski definition) is 3. The van der Waals surface area contributed by atoms with Gasteiger partial charge < -0.3 is 9.84 Å². The maximum absolute atomic E-state index is 12.8. The minimum atomic E-state index is -1.16. The standard InChI is InChI=1S/C13H12ClFN2O3/c1-20-7-10-11(13(18)19)12(14)17(16-10)6-8-2-4-9(15)5-3-8/h2-5H,6-7H2,1H3,(H,18,19). The van der Waals surface area contributed by atoms with E-state index >= 15 is 0 Å². The number of aromatic nitrogens is 2. The highest BCUT2D eigenvalue weighted by molar-refractivity contribution is 6.32. The van der Waals surface area contributed by atoms with Gasteiger partial charge in [0.2, 0.25) is 0 Å². The van der Waals surface area contributed by atoms with Gasteiger partial charge >= 0.3 is 5.97 Å². The van der Waals surface area contributed by atoms with E-state index in [2.05, 4.69) is 5.10 Å². The summed E-state index contributed by atoms with van der Waals surface area (Å²) in [6, 6.07) is 5.81. The molecule has 1 heterocycles. The predicted molar refractivity (Wildman–Crippen MR) is 70.4 cm³/mol. The summed E-state index contributed by atoms with van der Waals surface area (Å²) < 4.78 is 19.1. The molecule has 0 spiro atoms. The van der Waals surface area contributed by atoms with Crippen molar-refractivity contribution < 1.29 is 19.0 Å². The first-order chi connectivity index (χ1) is 9.52. The molecule has 0 aliphatic carbocycles. The van der Waals surface area contributed by atoms with E-state index in [0.717, 1.165) is 5.56 Å². The molecular formula is C13H12ClFN2O3. The zero-order valence-corrected chi connectivity index (χ0v) is 11.4. The van der Waals surface area contributed by atoms with Crippen LogP contribution in [0.3, 0.4) is 0 Å². The smallest absolute Gasteiger partial charge is 0.340 e.